The monoisotopic (exact) mass is 624 g/mol. The molecular weight excluding hydrogens is 565 g/mol. The number of rotatable bonds is 14. The molecule has 0 N–H and O–H groups in total. The molecule has 2 aromatic rings. The van der Waals surface area contributed by atoms with Crippen LogP contribution in [0, 0.1) is 11.8 Å². The Labute approximate surface area is 262 Å². The molecule has 42 heavy (non-hydrogen) atoms. The molecule has 6 heteroatoms. The van der Waals surface area contributed by atoms with E-state index in [-0.39, 0.29) is 10.1 Å². The van der Waals surface area contributed by atoms with Crippen molar-refractivity contribution in [3.05, 3.63) is 60.7 Å². The van der Waals surface area contributed by atoms with Crippen LogP contribution in [0.2, 0.25) is 41.3 Å². The van der Waals surface area contributed by atoms with Gasteiger partial charge in [-0.2, -0.15) is 0 Å². The van der Waals surface area contributed by atoms with E-state index in [0.29, 0.717) is 19.6 Å². The summed E-state index contributed by atoms with van der Waals surface area (Å²) in [4.78, 5) is 0. The zero-order valence-electron chi connectivity index (χ0n) is 28.9. The van der Waals surface area contributed by atoms with E-state index in [9.17, 15) is 0 Å². The molecule has 0 aliphatic carbocycles. The predicted octanol–water partition coefficient (Wildman–Crippen LogP) is 9.15. The van der Waals surface area contributed by atoms with Crippen LogP contribution in [0.5, 0.6) is 0 Å². The second-order valence-corrected chi connectivity index (χ2v) is 28.2. The molecule has 0 radical (unpaired) electrons. The Morgan fingerprint density at radius 3 is 1.50 bits per heavy atom. The summed E-state index contributed by atoms with van der Waals surface area (Å²) in [5.41, 5.74) is -0.467. The number of hydrogen-bond donors (Lipinski definition) is 0. The second-order valence-electron chi connectivity index (χ2n) is 14.4. The van der Waals surface area contributed by atoms with Crippen molar-refractivity contribution in [2.45, 2.75) is 129 Å². The summed E-state index contributed by atoms with van der Waals surface area (Å²) in [6.45, 7) is 28.6. The quantitative estimate of drug-likeness (QED) is 0.155. The lowest BCUT2D eigenvalue weighted by Gasteiger charge is -2.47. The van der Waals surface area contributed by atoms with Crippen LogP contribution in [-0.2, 0) is 13.3 Å². The fraction of sp³-hybridized carbons (Fsp3) is 0.611. The Kier molecular flexibility index (Phi) is 13.1. The summed E-state index contributed by atoms with van der Waals surface area (Å²) >= 11 is 0. The van der Waals surface area contributed by atoms with E-state index in [1.165, 1.54) is 10.4 Å². The lowest BCUT2D eigenvalue weighted by Crippen LogP contribution is -2.68. The summed E-state index contributed by atoms with van der Waals surface area (Å²) in [5.74, 6) is 6.92. The third-order valence-electron chi connectivity index (χ3n) is 9.83. The van der Waals surface area contributed by atoms with Crippen LogP contribution >= 0.6 is 0 Å². The average molecular weight is 625 g/mol. The molecular formula is C36H60O3Si3. The van der Waals surface area contributed by atoms with Crippen molar-refractivity contribution < 1.29 is 13.3 Å². The van der Waals surface area contributed by atoms with Gasteiger partial charge in [0.2, 0.25) is 0 Å². The van der Waals surface area contributed by atoms with Crippen LogP contribution in [0.3, 0.4) is 0 Å². The molecule has 0 aliphatic heterocycles. The van der Waals surface area contributed by atoms with Gasteiger partial charge in [0.1, 0.15) is 0 Å². The van der Waals surface area contributed by atoms with Gasteiger partial charge in [-0.3, -0.25) is 0 Å². The SMILES string of the molecule is CCC(CC#CCO[Si](C)(C)C(C)(C)C)(CO[Si](c1ccccc1)(c1ccccc1)C(C)(C)C)O[Si](CC)(CC)CC. The first-order valence-electron chi connectivity index (χ1n) is 16.1. The summed E-state index contributed by atoms with van der Waals surface area (Å²) in [6, 6.07) is 25.1. The van der Waals surface area contributed by atoms with Gasteiger partial charge >= 0.3 is 0 Å². The van der Waals surface area contributed by atoms with Gasteiger partial charge in [-0.1, -0.05) is 142 Å². The topological polar surface area (TPSA) is 27.7 Å². The summed E-state index contributed by atoms with van der Waals surface area (Å²) < 4.78 is 21.3. The van der Waals surface area contributed by atoms with E-state index in [1.807, 2.05) is 0 Å². The van der Waals surface area contributed by atoms with Crippen molar-refractivity contribution in [2.24, 2.45) is 0 Å². The Hall–Kier alpha value is -1.47. The minimum absolute atomic E-state index is 0.0906. The fourth-order valence-corrected chi connectivity index (χ4v) is 14.2. The molecule has 0 heterocycles. The largest absolute Gasteiger partial charge is 0.408 e. The van der Waals surface area contributed by atoms with Crippen LogP contribution in [0.15, 0.2) is 60.7 Å². The Bertz CT molecular complexity index is 1090. The highest BCUT2D eigenvalue weighted by molar-refractivity contribution is 6.99. The minimum atomic E-state index is -2.71. The Balaban J connectivity index is 2.57. The highest BCUT2D eigenvalue weighted by Gasteiger charge is 2.52. The first kappa shape index (κ1) is 36.7. The molecule has 3 nitrogen and oxygen atoms in total. The molecule has 2 rings (SSSR count). The lowest BCUT2D eigenvalue weighted by atomic mass is 9.98. The molecule has 0 spiro atoms. The van der Waals surface area contributed by atoms with Crippen molar-refractivity contribution in [1.29, 1.82) is 0 Å². The van der Waals surface area contributed by atoms with E-state index >= 15 is 0 Å². The molecule has 0 amide bonds. The maximum atomic E-state index is 7.50. The Morgan fingerprint density at radius 1 is 0.643 bits per heavy atom. The summed E-state index contributed by atoms with van der Waals surface area (Å²) in [5, 5.41) is 2.68. The highest BCUT2D eigenvalue weighted by atomic mass is 28.4. The molecule has 234 valence electrons. The van der Waals surface area contributed by atoms with Gasteiger partial charge < -0.3 is 13.3 Å². The van der Waals surface area contributed by atoms with Crippen molar-refractivity contribution in [3.63, 3.8) is 0 Å². The summed E-state index contributed by atoms with van der Waals surface area (Å²) in [6.07, 6.45) is 1.51. The fourth-order valence-electron chi connectivity index (χ4n) is 5.55. The smallest absolute Gasteiger partial charge is 0.261 e. The van der Waals surface area contributed by atoms with Crippen LogP contribution < -0.4 is 10.4 Å². The molecule has 0 saturated carbocycles. The van der Waals surface area contributed by atoms with Crippen molar-refractivity contribution >= 4 is 35.3 Å². The first-order chi connectivity index (χ1) is 19.6. The maximum Gasteiger partial charge on any atom is 0.261 e. The molecule has 1 atom stereocenters. The van der Waals surface area contributed by atoms with Gasteiger partial charge in [-0.25, -0.2) is 0 Å². The zero-order valence-corrected chi connectivity index (χ0v) is 31.9. The highest BCUT2D eigenvalue weighted by Crippen LogP contribution is 2.40. The third-order valence-corrected chi connectivity index (χ3v) is 24.0. The average Bonchev–Trinajstić information content (AvgIpc) is 2.95. The van der Waals surface area contributed by atoms with E-state index in [4.69, 9.17) is 13.3 Å². The molecule has 1 unspecified atom stereocenters. The van der Waals surface area contributed by atoms with Crippen molar-refractivity contribution in [3.8, 4) is 11.8 Å². The molecule has 0 aromatic heterocycles. The van der Waals surface area contributed by atoms with E-state index in [2.05, 4.69) is 155 Å². The van der Waals surface area contributed by atoms with Crippen LogP contribution in [0.25, 0.3) is 0 Å². The number of benzene rings is 2. The summed E-state index contributed by atoms with van der Waals surface area (Å²) in [7, 11) is -6.51. The molecule has 0 aliphatic rings. The van der Waals surface area contributed by atoms with Gasteiger partial charge in [-0.05, 0) is 58.1 Å². The van der Waals surface area contributed by atoms with E-state index in [0.717, 1.165) is 24.6 Å². The third kappa shape index (κ3) is 8.58. The van der Waals surface area contributed by atoms with Crippen LogP contribution in [-0.4, -0.2) is 43.8 Å². The second kappa shape index (κ2) is 15.0. The maximum absolute atomic E-state index is 7.50. The Morgan fingerprint density at radius 2 is 1.12 bits per heavy atom. The normalized spacial score (nSPS) is 14.7. The zero-order chi connectivity index (χ0) is 31.7. The first-order valence-corrected chi connectivity index (χ1v) is 23.5. The lowest BCUT2D eigenvalue weighted by molar-refractivity contribution is 0.00615. The van der Waals surface area contributed by atoms with Crippen LogP contribution in [0.4, 0.5) is 0 Å². The molecule has 0 fully saturated rings. The van der Waals surface area contributed by atoms with Crippen molar-refractivity contribution in [1.82, 2.24) is 0 Å². The predicted molar refractivity (Wildman–Crippen MR) is 190 cm³/mol. The molecule has 0 saturated heterocycles. The molecule has 2 aromatic carbocycles. The number of hydrogen-bond acceptors (Lipinski definition) is 3. The molecule has 0 bridgehead atoms. The standard InChI is InChI=1S/C36H60O3Si3/c1-13-36(39-41(14-2,15-3)16-4,29-23-24-30-37-40(11,12)34(5,6)7)31-38-42(35(8,9)10,32-25-19-17-20-26-32)33-27-21-18-22-28-33/h17-22,25-28H,13-16,29-31H2,1-12H3. The van der Waals surface area contributed by atoms with E-state index < -0.39 is 30.6 Å². The minimum Gasteiger partial charge on any atom is -0.408 e. The van der Waals surface area contributed by atoms with Gasteiger partial charge in [0.25, 0.3) is 8.32 Å². The van der Waals surface area contributed by atoms with E-state index in [1.54, 1.807) is 0 Å². The van der Waals surface area contributed by atoms with Gasteiger partial charge in [-0.15, -0.1) is 0 Å². The van der Waals surface area contributed by atoms with Gasteiger partial charge in [0.15, 0.2) is 16.6 Å². The van der Waals surface area contributed by atoms with Crippen molar-refractivity contribution in [2.75, 3.05) is 13.2 Å². The van der Waals surface area contributed by atoms with Gasteiger partial charge in [0.05, 0.1) is 18.8 Å². The van der Waals surface area contributed by atoms with Crippen LogP contribution in [0.1, 0.15) is 82.1 Å². The van der Waals surface area contributed by atoms with Gasteiger partial charge in [0, 0.05) is 6.42 Å².